The summed E-state index contributed by atoms with van der Waals surface area (Å²) in [6.45, 7) is 12.0. The maximum Gasteiger partial charge on any atom is 0.330 e. The van der Waals surface area contributed by atoms with Crippen molar-refractivity contribution in [3.63, 3.8) is 0 Å². The Morgan fingerprint density at radius 1 is 0.875 bits per heavy atom. The first-order valence-electron chi connectivity index (χ1n) is 13.5. The van der Waals surface area contributed by atoms with Gasteiger partial charge in [0.05, 0.1) is 6.10 Å². The average molecular weight is 569 g/mol. The highest BCUT2D eigenvalue weighted by molar-refractivity contribution is 5.66. The molecule has 0 aromatic carbocycles. The van der Waals surface area contributed by atoms with Crippen molar-refractivity contribution in [2.24, 2.45) is 0 Å². The van der Waals surface area contributed by atoms with Gasteiger partial charge in [0.25, 0.3) is 5.56 Å². The molecule has 10 atom stereocenters. The molecule has 0 aliphatic carbocycles. The van der Waals surface area contributed by atoms with Gasteiger partial charge in [-0.3, -0.25) is 19.1 Å². The van der Waals surface area contributed by atoms with Crippen molar-refractivity contribution in [2.75, 3.05) is 0 Å². The van der Waals surface area contributed by atoms with Crippen LogP contribution in [0.25, 0.3) is 0 Å². The van der Waals surface area contributed by atoms with Crippen LogP contribution in [-0.2, 0) is 47.4 Å². The Labute approximate surface area is 230 Å². The van der Waals surface area contributed by atoms with Gasteiger partial charge in [-0.1, -0.05) is 0 Å². The molecule has 6 heterocycles. The van der Waals surface area contributed by atoms with Crippen LogP contribution < -0.4 is 11.2 Å². The summed E-state index contributed by atoms with van der Waals surface area (Å²) in [5.74, 6) is -3.34. The summed E-state index contributed by atoms with van der Waals surface area (Å²) in [5, 5.41) is 0. The molecular weight excluding hydrogens is 532 g/mol. The van der Waals surface area contributed by atoms with Gasteiger partial charge in [0, 0.05) is 25.6 Å². The van der Waals surface area contributed by atoms with Crippen LogP contribution in [-0.4, -0.2) is 88.0 Å². The summed E-state index contributed by atoms with van der Waals surface area (Å²) in [5.41, 5.74) is -1.21. The zero-order chi connectivity index (χ0) is 28.8. The number of rotatable bonds is 5. The molecule has 5 aliphatic rings. The van der Waals surface area contributed by atoms with Gasteiger partial charge in [-0.25, -0.2) is 4.79 Å². The Morgan fingerprint density at radius 2 is 1.48 bits per heavy atom. The third-order valence-corrected chi connectivity index (χ3v) is 7.59. The molecule has 1 unspecified atom stereocenters. The molecule has 0 spiro atoms. The summed E-state index contributed by atoms with van der Waals surface area (Å²) < 4.78 is 56.6. The first-order valence-corrected chi connectivity index (χ1v) is 13.5. The van der Waals surface area contributed by atoms with Gasteiger partial charge in [0.2, 0.25) is 0 Å². The van der Waals surface area contributed by atoms with Gasteiger partial charge < -0.3 is 42.6 Å². The molecule has 14 nitrogen and oxygen atoms in total. The molecule has 0 radical (unpaired) electrons. The minimum atomic E-state index is -1.01. The average Bonchev–Trinajstić information content (AvgIpc) is 3.50. The molecule has 1 N–H and O–H groups in total. The zero-order valence-electron chi connectivity index (χ0n) is 23.5. The molecule has 0 bridgehead atoms. The predicted octanol–water partition coefficient (Wildman–Crippen LogP) is 0.672. The highest BCUT2D eigenvalue weighted by atomic mass is 16.9. The quantitative estimate of drug-likeness (QED) is 0.497. The summed E-state index contributed by atoms with van der Waals surface area (Å²) >= 11 is 0. The highest BCUT2D eigenvalue weighted by Gasteiger charge is 2.63. The minimum absolute atomic E-state index is 0.137. The van der Waals surface area contributed by atoms with E-state index in [0.29, 0.717) is 0 Å². The fraction of sp³-hybridized carbons (Fsp3) is 0.808. The molecule has 5 aliphatic heterocycles. The van der Waals surface area contributed by atoms with E-state index in [0.717, 1.165) is 0 Å². The lowest BCUT2D eigenvalue weighted by molar-refractivity contribution is -0.246. The molecule has 1 aromatic rings. The number of aromatic nitrogens is 2. The number of H-pyrrole nitrogens is 1. The van der Waals surface area contributed by atoms with Crippen LogP contribution >= 0.6 is 0 Å². The summed E-state index contributed by atoms with van der Waals surface area (Å²) in [6.07, 6.45) is -5.61. The van der Waals surface area contributed by atoms with Crippen molar-refractivity contribution >= 4 is 5.97 Å². The number of hydrogen-bond acceptors (Lipinski definition) is 12. The number of aromatic amines is 1. The predicted molar refractivity (Wildman–Crippen MR) is 132 cm³/mol. The maximum atomic E-state index is 12.7. The third kappa shape index (κ3) is 5.04. The molecule has 0 amide bonds. The number of esters is 1. The molecular formula is C26H36N2O12. The number of fused-ring (bicyclic) bond motifs is 4. The van der Waals surface area contributed by atoms with E-state index < -0.39 is 95.9 Å². The van der Waals surface area contributed by atoms with Crippen molar-refractivity contribution in [3.8, 4) is 0 Å². The standard InChI is InChI=1S/C26H36N2O12/c1-11(29)32-12(10-13-16-18(37-24(2,3)35-16)20-22(33-13)40-26(6,7)39-20)15-17-19(38-25(4,5)36-17)21(34-15)28-9-8-14(30)27-23(28)31/h8-9,12-13,15-22H,10H2,1-7H3,(H,27,30,31)/t12-,13-,15?,16+,17-,18+,19-,20-,21-,22-/m1/s1. The second kappa shape index (κ2) is 9.42. The van der Waals surface area contributed by atoms with E-state index in [9.17, 15) is 14.4 Å². The number of carbonyl (C=O) groups is 1. The minimum Gasteiger partial charge on any atom is -0.460 e. The van der Waals surface area contributed by atoms with Crippen molar-refractivity contribution in [3.05, 3.63) is 33.1 Å². The third-order valence-electron chi connectivity index (χ3n) is 7.59. The van der Waals surface area contributed by atoms with Crippen LogP contribution in [0.15, 0.2) is 21.9 Å². The van der Waals surface area contributed by atoms with Crippen LogP contribution in [0, 0.1) is 0 Å². The molecule has 0 saturated carbocycles. The number of hydrogen-bond donors (Lipinski definition) is 1. The lowest BCUT2D eigenvalue weighted by Crippen LogP contribution is -2.56. The molecule has 14 heteroatoms. The molecule has 222 valence electrons. The summed E-state index contributed by atoms with van der Waals surface area (Å²) in [4.78, 5) is 38.9. The van der Waals surface area contributed by atoms with E-state index in [-0.39, 0.29) is 6.42 Å². The summed E-state index contributed by atoms with van der Waals surface area (Å²) in [6, 6.07) is 1.22. The van der Waals surface area contributed by atoms with Crippen molar-refractivity contribution < 1.29 is 47.4 Å². The van der Waals surface area contributed by atoms with E-state index in [4.69, 9.17) is 42.6 Å². The first kappa shape index (κ1) is 28.0. The fourth-order valence-corrected chi connectivity index (χ4v) is 6.33. The van der Waals surface area contributed by atoms with E-state index in [1.807, 2.05) is 13.8 Å². The van der Waals surface area contributed by atoms with E-state index in [1.165, 1.54) is 23.8 Å². The smallest absolute Gasteiger partial charge is 0.330 e. The largest absolute Gasteiger partial charge is 0.460 e. The lowest BCUT2D eigenvalue weighted by atomic mass is 9.92. The fourth-order valence-electron chi connectivity index (χ4n) is 6.33. The van der Waals surface area contributed by atoms with E-state index in [2.05, 4.69) is 4.98 Å². The second-order valence-electron chi connectivity index (χ2n) is 12.2. The molecule has 5 fully saturated rings. The first-order chi connectivity index (χ1) is 18.6. The van der Waals surface area contributed by atoms with Crippen LogP contribution in [0.4, 0.5) is 0 Å². The van der Waals surface area contributed by atoms with Crippen LogP contribution in [0.2, 0.25) is 0 Å². The molecule has 40 heavy (non-hydrogen) atoms. The van der Waals surface area contributed by atoms with E-state index >= 15 is 0 Å². The normalized spacial score (nSPS) is 41.2. The SMILES string of the molecule is CC(=O)O[C@H](C[C@H]1O[C@@H]2OC(C)(C)O[C@@H]2[C@H]2OC(C)(C)O[C@H]21)C1O[C@@H](n2ccc(=O)[nH]c2=O)[C@@H]2OC(C)(C)O[C@H]12. The van der Waals surface area contributed by atoms with Gasteiger partial charge in [0.1, 0.15) is 42.7 Å². The number of nitrogens with one attached hydrogen (secondary N) is 1. The van der Waals surface area contributed by atoms with Gasteiger partial charge >= 0.3 is 11.7 Å². The van der Waals surface area contributed by atoms with Gasteiger partial charge in [0.15, 0.2) is 29.9 Å². The van der Waals surface area contributed by atoms with Crippen LogP contribution in [0.5, 0.6) is 0 Å². The summed E-state index contributed by atoms with van der Waals surface area (Å²) in [7, 11) is 0. The van der Waals surface area contributed by atoms with E-state index in [1.54, 1.807) is 27.7 Å². The Balaban J connectivity index is 1.31. The van der Waals surface area contributed by atoms with Crippen molar-refractivity contribution in [1.82, 2.24) is 9.55 Å². The van der Waals surface area contributed by atoms with Crippen molar-refractivity contribution in [2.45, 2.75) is 134 Å². The van der Waals surface area contributed by atoms with Crippen molar-refractivity contribution in [1.29, 1.82) is 0 Å². The Hall–Kier alpha value is -2.17. The number of carbonyl (C=O) groups excluding carboxylic acids is 1. The Morgan fingerprint density at radius 3 is 2.15 bits per heavy atom. The van der Waals surface area contributed by atoms with Crippen LogP contribution in [0.3, 0.4) is 0 Å². The maximum absolute atomic E-state index is 12.7. The topological polar surface area (TPSA) is 155 Å². The Bertz CT molecular complexity index is 1270. The zero-order valence-corrected chi connectivity index (χ0v) is 23.5. The second-order valence-corrected chi connectivity index (χ2v) is 12.2. The van der Waals surface area contributed by atoms with Gasteiger partial charge in [-0.2, -0.15) is 0 Å². The number of nitrogens with zero attached hydrogens (tertiary/aromatic N) is 1. The Kier molecular flexibility index (Phi) is 6.59. The highest BCUT2D eigenvalue weighted by Crippen LogP contribution is 2.48. The molecule has 1 aromatic heterocycles. The van der Waals surface area contributed by atoms with Gasteiger partial charge in [-0.05, 0) is 41.5 Å². The molecule has 5 saturated heterocycles. The monoisotopic (exact) mass is 568 g/mol. The van der Waals surface area contributed by atoms with Crippen LogP contribution in [0.1, 0.15) is 61.1 Å². The lowest BCUT2D eigenvalue weighted by Gasteiger charge is -2.39. The number of ether oxygens (including phenoxy) is 9. The molecule has 6 rings (SSSR count). The van der Waals surface area contributed by atoms with Gasteiger partial charge in [-0.15, -0.1) is 0 Å².